The Morgan fingerprint density at radius 3 is 1.40 bits per heavy atom. The summed E-state index contributed by atoms with van der Waals surface area (Å²) < 4.78 is 17.0. The molecule has 10 heavy (non-hydrogen) atoms. The number of hydrogen-bond acceptors (Lipinski definition) is 2. The van der Waals surface area contributed by atoms with Crippen molar-refractivity contribution >= 4 is 0 Å². The molecule has 0 fully saturated rings. The van der Waals surface area contributed by atoms with Gasteiger partial charge < -0.3 is 0 Å². The predicted octanol–water partition coefficient (Wildman–Crippen LogP) is 2.74. The summed E-state index contributed by atoms with van der Waals surface area (Å²) in [4.78, 5) is 0. The number of rotatable bonds is 4. The Balaban J connectivity index is 0. The Labute approximate surface area is 72.0 Å². The van der Waals surface area contributed by atoms with E-state index in [1.165, 1.54) is 32.1 Å². The van der Waals surface area contributed by atoms with Gasteiger partial charge in [-0.1, -0.05) is 46.0 Å². The molecular formula is C7H16O2Ti. The summed E-state index contributed by atoms with van der Waals surface area (Å²) >= 11 is -2.00. The fraction of sp³-hybridized carbons (Fsp3) is 1.00. The maximum atomic E-state index is 8.50. The fourth-order valence-electron chi connectivity index (χ4n) is 0.677. The van der Waals surface area contributed by atoms with E-state index in [0.717, 1.165) is 0 Å². The van der Waals surface area contributed by atoms with Gasteiger partial charge in [0.05, 0.1) is 0 Å². The molecule has 0 radical (unpaired) electrons. The first-order chi connectivity index (χ1) is 4.83. The van der Waals surface area contributed by atoms with E-state index in [0.29, 0.717) is 0 Å². The Kier molecular flexibility index (Phi) is 20.9. The van der Waals surface area contributed by atoms with Crippen LogP contribution in [0.1, 0.15) is 46.0 Å². The molecule has 0 aromatic heterocycles. The van der Waals surface area contributed by atoms with Crippen LogP contribution in [0.4, 0.5) is 0 Å². The van der Waals surface area contributed by atoms with Crippen molar-refractivity contribution in [3.8, 4) is 0 Å². The molecule has 0 amide bonds. The SMILES string of the molecule is CCCCCCC.[O]=[Ti]=[O]. The third kappa shape index (κ3) is 23.9. The van der Waals surface area contributed by atoms with Crippen molar-refractivity contribution < 1.29 is 25.7 Å². The quantitative estimate of drug-likeness (QED) is 0.492. The summed E-state index contributed by atoms with van der Waals surface area (Å²) in [5, 5.41) is 0. The van der Waals surface area contributed by atoms with Crippen molar-refractivity contribution in [2.24, 2.45) is 0 Å². The van der Waals surface area contributed by atoms with Crippen LogP contribution in [-0.4, -0.2) is 0 Å². The molecule has 0 aliphatic heterocycles. The van der Waals surface area contributed by atoms with Gasteiger partial charge in [0.15, 0.2) is 0 Å². The molecule has 0 saturated heterocycles. The van der Waals surface area contributed by atoms with E-state index in [-0.39, 0.29) is 0 Å². The second-order valence-corrected chi connectivity index (χ2v) is 2.40. The fourth-order valence-corrected chi connectivity index (χ4v) is 0.677. The van der Waals surface area contributed by atoms with Gasteiger partial charge >= 0.3 is 25.7 Å². The number of unbranched alkanes of at least 4 members (excludes halogenated alkanes) is 4. The molecule has 0 heterocycles. The zero-order chi connectivity index (χ0) is 8.24. The first-order valence-corrected chi connectivity index (χ1v) is 5.10. The molecule has 0 unspecified atom stereocenters. The zero-order valence-electron chi connectivity index (χ0n) is 6.85. The Morgan fingerprint density at radius 1 is 0.900 bits per heavy atom. The summed E-state index contributed by atoms with van der Waals surface area (Å²) in [5.74, 6) is 0. The second kappa shape index (κ2) is 16.1. The van der Waals surface area contributed by atoms with E-state index in [1.807, 2.05) is 0 Å². The van der Waals surface area contributed by atoms with Crippen LogP contribution in [0.3, 0.4) is 0 Å². The molecule has 2 nitrogen and oxygen atoms in total. The number of hydrogen-bond donors (Lipinski definition) is 0. The van der Waals surface area contributed by atoms with Gasteiger partial charge in [-0.25, -0.2) is 0 Å². The average Bonchev–Trinajstić information content (AvgIpc) is 1.91. The van der Waals surface area contributed by atoms with Gasteiger partial charge in [0.2, 0.25) is 0 Å². The minimum absolute atomic E-state index is 1.36. The summed E-state index contributed by atoms with van der Waals surface area (Å²) in [6, 6.07) is 0. The monoisotopic (exact) mass is 180 g/mol. The van der Waals surface area contributed by atoms with E-state index in [4.69, 9.17) is 6.65 Å². The first kappa shape index (κ1) is 12.9. The van der Waals surface area contributed by atoms with Crippen LogP contribution in [0.2, 0.25) is 0 Å². The molecule has 0 aliphatic rings. The van der Waals surface area contributed by atoms with Gasteiger partial charge in [-0.15, -0.1) is 0 Å². The Bertz CT molecular complexity index is 73.7. The van der Waals surface area contributed by atoms with E-state index < -0.39 is 19.1 Å². The molecule has 0 bridgehead atoms. The summed E-state index contributed by atoms with van der Waals surface area (Å²) in [6.07, 6.45) is 7.01. The van der Waals surface area contributed by atoms with Gasteiger partial charge in [0, 0.05) is 0 Å². The molecule has 3 heteroatoms. The van der Waals surface area contributed by atoms with Gasteiger partial charge in [-0.2, -0.15) is 0 Å². The molecule has 60 valence electrons. The van der Waals surface area contributed by atoms with Gasteiger partial charge in [-0.3, -0.25) is 0 Å². The minimum atomic E-state index is -2.00. The normalized spacial score (nSPS) is 7.40. The van der Waals surface area contributed by atoms with E-state index >= 15 is 0 Å². The van der Waals surface area contributed by atoms with Crippen molar-refractivity contribution in [1.82, 2.24) is 0 Å². The third-order valence-corrected chi connectivity index (χ3v) is 1.21. The van der Waals surface area contributed by atoms with Gasteiger partial charge in [0.1, 0.15) is 0 Å². The van der Waals surface area contributed by atoms with Crippen LogP contribution < -0.4 is 0 Å². The molecule has 0 aromatic carbocycles. The van der Waals surface area contributed by atoms with Crippen LogP contribution >= 0.6 is 0 Å². The Morgan fingerprint density at radius 2 is 1.20 bits per heavy atom. The van der Waals surface area contributed by atoms with Crippen LogP contribution in [0.15, 0.2) is 0 Å². The zero-order valence-corrected chi connectivity index (χ0v) is 8.41. The second-order valence-electron chi connectivity index (χ2n) is 2.14. The standard InChI is InChI=1S/C7H16.2O.Ti/c1-3-5-7-6-4-2;;;/h3-7H2,1-2H3;;;. The average molecular weight is 180 g/mol. The molecule has 0 aromatic rings. The summed E-state index contributed by atoms with van der Waals surface area (Å²) in [7, 11) is 0. The van der Waals surface area contributed by atoms with Crippen molar-refractivity contribution in [3.63, 3.8) is 0 Å². The molecular weight excluding hydrogens is 164 g/mol. The van der Waals surface area contributed by atoms with Crippen molar-refractivity contribution in [2.45, 2.75) is 46.0 Å². The molecule has 0 rings (SSSR count). The first-order valence-electron chi connectivity index (χ1n) is 3.82. The van der Waals surface area contributed by atoms with Gasteiger partial charge in [-0.05, 0) is 0 Å². The topological polar surface area (TPSA) is 34.1 Å². The van der Waals surface area contributed by atoms with Crippen LogP contribution in [0.25, 0.3) is 0 Å². The summed E-state index contributed by atoms with van der Waals surface area (Å²) in [5.41, 5.74) is 0. The molecule has 0 saturated carbocycles. The van der Waals surface area contributed by atoms with Crippen molar-refractivity contribution in [2.75, 3.05) is 0 Å². The maximum absolute atomic E-state index is 8.50. The van der Waals surface area contributed by atoms with E-state index in [9.17, 15) is 0 Å². The molecule has 0 spiro atoms. The van der Waals surface area contributed by atoms with Crippen LogP contribution in [-0.2, 0) is 25.7 Å². The van der Waals surface area contributed by atoms with Crippen molar-refractivity contribution in [3.05, 3.63) is 0 Å². The molecule has 0 atom stereocenters. The predicted molar refractivity (Wildman–Crippen MR) is 35.8 cm³/mol. The summed E-state index contributed by atoms with van der Waals surface area (Å²) in [6.45, 7) is 4.49. The molecule has 0 N–H and O–H groups in total. The van der Waals surface area contributed by atoms with Crippen LogP contribution in [0.5, 0.6) is 0 Å². The van der Waals surface area contributed by atoms with Crippen molar-refractivity contribution in [1.29, 1.82) is 0 Å². The van der Waals surface area contributed by atoms with E-state index in [2.05, 4.69) is 13.8 Å². The third-order valence-electron chi connectivity index (χ3n) is 1.21. The van der Waals surface area contributed by atoms with Gasteiger partial charge in [0.25, 0.3) is 0 Å². The Hall–Kier alpha value is 0.314. The molecule has 0 aliphatic carbocycles. The van der Waals surface area contributed by atoms with Crippen LogP contribution in [0, 0.1) is 0 Å². The van der Waals surface area contributed by atoms with E-state index in [1.54, 1.807) is 0 Å².